The molecule has 0 unspecified atom stereocenters. The Morgan fingerprint density at radius 2 is 1.53 bits per heavy atom. The average Bonchev–Trinajstić information content (AvgIpc) is 2.49. The van der Waals surface area contributed by atoms with Gasteiger partial charge in [-0.05, 0) is 43.4 Å². The molecule has 0 atom stereocenters. The van der Waals surface area contributed by atoms with Gasteiger partial charge in [-0.1, -0.05) is 43.9 Å². The maximum atomic E-state index is 10.8. The molecule has 1 aromatic carbocycles. The standard InChI is InChI=1S/C16H24O/c1-13-8-7-9-14(2)15(13)12-16(17)10-5-3-4-6-11-16/h7-9,17H,3-6,10-12H2,1-2H3. The van der Waals surface area contributed by atoms with Crippen LogP contribution in [0.25, 0.3) is 0 Å². The van der Waals surface area contributed by atoms with Gasteiger partial charge in [-0.15, -0.1) is 0 Å². The van der Waals surface area contributed by atoms with Crippen LogP contribution in [0.5, 0.6) is 0 Å². The summed E-state index contributed by atoms with van der Waals surface area (Å²) in [4.78, 5) is 0. The lowest BCUT2D eigenvalue weighted by atomic mass is 9.84. The molecule has 2 rings (SSSR count). The van der Waals surface area contributed by atoms with Gasteiger partial charge in [0.25, 0.3) is 0 Å². The average molecular weight is 232 g/mol. The van der Waals surface area contributed by atoms with Crippen LogP contribution in [-0.2, 0) is 6.42 Å². The van der Waals surface area contributed by atoms with E-state index in [0.29, 0.717) is 0 Å². The summed E-state index contributed by atoms with van der Waals surface area (Å²) >= 11 is 0. The Kier molecular flexibility index (Phi) is 3.88. The maximum Gasteiger partial charge on any atom is 0.0688 e. The Morgan fingerprint density at radius 3 is 2.06 bits per heavy atom. The van der Waals surface area contributed by atoms with Crippen LogP contribution in [0.15, 0.2) is 18.2 Å². The molecule has 1 heteroatoms. The van der Waals surface area contributed by atoms with Gasteiger partial charge in [0.05, 0.1) is 5.60 Å². The first-order valence-corrected chi connectivity index (χ1v) is 6.88. The fraction of sp³-hybridized carbons (Fsp3) is 0.625. The predicted octanol–water partition coefficient (Wildman–Crippen LogP) is 3.93. The van der Waals surface area contributed by atoms with Crippen molar-refractivity contribution in [2.45, 2.75) is 64.4 Å². The van der Waals surface area contributed by atoms with E-state index in [9.17, 15) is 5.11 Å². The van der Waals surface area contributed by atoms with E-state index in [1.807, 2.05) is 0 Å². The zero-order chi connectivity index (χ0) is 12.3. The summed E-state index contributed by atoms with van der Waals surface area (Å²) in [5.74, 6) is 0. The topological polar surface area (TPSA) is 20.2 Å². The van der Waals surface area contributed by atoms with Crippen molar-refractivity contribution in [2.75, 3.05) is 0 Å². The third kappa shape index (κ3) is 3.10. The van der Waals surface area contributed by atoms with Crippen molar-refractivity contribution in [1.29, 1.82) is 0 Å². The molecule has 1 fully saturated rings. The normalized spacial score (nSPS) is 19.9. The molecule has 0 radical (unpaired) electrons. The smallest absolute Gasteiger partial charge is 0.0688 e. The van der Waals surface area contributed by atoms with Gasteiger partial charge >= 0.3 is 0 Å². The van der Waals surface area contributed by atoms with Crippen LogP contribution >= 0.6 is 0 Å². The number of rotatable bonds is 2. The number of hydrogen-bond acceptors (Lipinski definition) is 1. The summed E-state index contributed by atoms with van der Waals surface area (Å²) in [7, 11) is 0. The van der Waals surface area contributed by atoms with Crippen LogP contribution < -0.4 is 0 Å². The van der Waals surface area contributed by atoms with E-state index in [-0.39, 0.29) is 0 Å². The lowest BCUT2D eigenvalue weighted by molar-refractivity contribution is 0.0250. The molecule has 1 saturated carbocycles. The molecule has 1 N–H and O–H groups in total. The highest BCUT2D eigenvalue weighted by atomic mass is 16.3. The van der Waals surface area contributed by atoms with Crippen molar-refractivity contribution < 1.29 is 5.11 Å². The van der Waals surface area contributed by atoms with E-state index in [1.54, 1.807) is 0 Å². The first kappa shape index (κ1) is 12.6. The molecule has 1 aliphatic rings. The fourth-order valence-electron chi connectivity index (χ4n) is 3.02. The monoisotopic (exact) mass is 232 g/mol. The third-order valence-electron chi connectivity index (χ3n) is 4.18. The second-order valence-corrected chi connectivity index (χ2v) is 5.69. The zero-order valence-corrected chi connectivity index (χ0v) is 11.1. The van der Waals surface area contributed by atoms with Crippen molar-refractivity contribution in [1.82, 2.24) is 0 Å². The first-order chi connectivity index (χ1) is 8.11. The second kappa shape index (κ2) is 5.22. The van der Waals surface area contributed by atoms with Crippen molar-refractivity contribution in [3.8, 4) is 0 Å². The summed E-state index contributed by atoms with van der Waals surface area (Å²) in [5.41, 5.74) is 3.55. The van der Waals surface area contributed by atoms with Gasteiger partial charge < -0.3 is 5.11 Å². The SMILES string of the molecule is Cc1cccc(C)c1CC1(O)CCCCCC1. The Morgan fingerprint density at radius 1 is 1.00 bits per heavy atom. The van der Waals surface area contributed by atoms with E-state index in [1.165, 1.54) is 42.4 Å². The minimum absolute atomic E-state index is 0.451. The lowest BCUT2D eigenvalue weighted by Crippen LogP contribution is -2.31. The summed E-state index contributed by atoms with van der Waals surface area (Å²) in [5, 5.41) is 10.8. The summed E-state index contributed by atoms with van der Waals surface area (Å²) in [6.07, 6.45) is 7.72. The largest absolute Gasteiger partial charge is 0.390 e. The summed E-state index contributed by atoms with van der Waals surface area (Å²) in [6, 6.07) is 6.41. The zero-order valence-electron chi connectivity index (χ0n) is 11.1. The summed E-state index contributed by atoms with van der Waals surface area (Å²) < 4.78 is 0. The first-order valence-electron chi connectivity index (χ1n) is 6.88. The van der Waals surface area contributed by atoms with E-state index < -0.39 is 5.60 Å². The van der Waals surface area contributed by atoms with Crippen LogP contribution in [0.4, 0.5) is 0 Å². The van der Waals surface area contributed by atoms with Crippen molar-refractivity contribution in [3.63, 3.8) is 0 Å². The molecule has 17 heavy (non-hydrogen) atoms. The van der Waals surface area contributed by atoms with Crippen LogP contribution in [-0.4, -0.2) is 10.7 Å². The highest BCUT2D eigenvalue weighted by Crippen LogP contribution is 2.31. The molecular weight excluding hydrogens is 208 g/mol. The highest BCUT2D eigenvalue weighted by Gasteiger charge is 2.29. The fourth-order valence-corrected chi connectivity index (χ4v) is 3.02. The quantitative estimate of drug-likeness (QED) is 0.766. The van der Waals surface area contributed by atoms with E-state index in [2.05, 4.69) is 32.0 Å². The molecule has 1 aliphatic carbocycles. The lowest BCUT2D eigenvalue weighted by Gasteiger charge is -2.28. The van der Waals surface area contributed by atoms with Gasteiger partial charge in [0.2, 0.25) is 0 Å². The van der Waals surface area contributed by atoms with E-state index in [4.69, 9.17) is 0 Å². The molecule has 0 aliphatic heterocycles. The van der Waals surface area contributed by atoms with Gasteiger partial charge in [0, 0.05) is 6.42 Å². The Labute approximate surface area is 105 Å². The summed E-state index contributed by atoms with van der Waals surface area (Å²) in [6.45, 7) is 4.31. The molecule has 1 nitrogen and oxygen atoms in total. The van der Waals surface area contributed by atoms with Crippen LogP contribution in [0.3, 0.4) is 0 Å². The molecule has 0 spiro atoms. The third-order valence-corrected chi connectivity index (χ3v) is 4.18. The molecular formula is C16H24O. The Hall–Kier alpha value is -0.820. The maximum absolute atomic E-state index is 10.8. The number of aryl methyl sites for hydroxylation is 2. The van der Waals surface area contributed by atoms with Gasteiger partial charge in [0.15, 0.2) is 0 Å². The minimum Gasteiger partial charge on any atom is -0.390 e. The Bertz CT molecular complexity index is 353. The molecule has 0 aromatic heterocycles. The minimum atomic E-state index is -0.451. The molecule has 0 amide bonds. The molecule has 94 valence electrons. The molecule has 0 bridgehead atoms. The van der Waals surface area contributed by atoms with Crippen molar-refractivity contribution in [3.05, 3.63) is 34.9 Å². The molecule has 0 heterocycles. The molecule has 1 aromatic rings. The second-order valence-electron chi connectivity index (χ2n) is 5.69. The van der Waals surface area contributed by atoms with Gasteiger partial charge in [0.1, 0.15) is 0 Å². The van der Waals surface area contributed by atoms with E-state index in [0.717, 1.165) is 19.3 Å². The van der Waals surface area contributed by atoms with Crippen molar-refractivity contribution in [2.24, 2.45) is 0 Å². The number of aliphatic hydroxyl groups is 1. The van der Waals surface area contributed by atoms with Crippen LogP contribution in [0.1, 0.15) is 55.2 Å². The highest BCUT2D eigenvalue weighted by molar-refractivity contribution is 5.34. The van der Waals surface area contributed by atoms with Crippen LogP contribution in [0, 0.1) is 13.8 Å². The number of hydrogen-bond donors (Lipinski definition) is 1. The van der Waals surface area contributed by atoms with E-state index >= 15 is 0 Å². The number of benzene rings is 1. The predicted molar refractivity (Wildman–Crippen MR) is 72.3 cm³/mol. The van der Waals surface area contributed by atoms with Crippen molar-refractivity contribution >= 4 is 0 Å². The van der Waals surface area contributed by atoms with Crippen LogP contribution in [0.2, 0.25) is 0 Å². The Balaban J connectivity index is 2.18. The molecule has 0 saturated heterocycles. The van der Waals surface area contributed by atoms with Gasteiger partial charge in [-0.25, -0.2) is 0 Å². The van der Waals surface area contributed by atoms with Gasteiger partial charge in [-0.2, -0.15) is 0 Å². The van der Waals surface area contributed by atoms with Gasteiger partial charge in [-0.3, -0.25) is 0 Å².